The Morgan fingerprint density at radius 1 is 0.839 bits per heavy atom. The third-order valence-corrected chi connectivity index (χ3v) is 6.03. The molecule has 3 aromatic carbocycles. The summed E-state index contributed by atoms with van der Waals surface area (Å²) in [6, 6.07) is 24.3. The van der Waals surface area contributed by atoms with Gasteiger partial charge in [-0.15, -0.1) is 0 Å². The summed E-state index contributed by atoms with van der Waals surface area (Å²) in [5.41, 5.74) is 3.67. The van der Waals surface area contributed by atoms with Crippen LogP contribution in [0, 0.1) is 0 Å². The molecule has 0 spiro atoms. The number of carboxylic acid groups (broad SMARTS) is 1. The summed E-state index contributed by atoms with van der Waals surface area (Å²) in [7, 11) is 0. The molecule has 3 aromatic rings. The molecule has 0 aromatic heterocycles. The number of rotatable bonds is 7. The van der Waals surface area contributed by atoms with Crippen LogP contribution in [0.2, 0.25) is 0 Å². The van der Waals surface area contributed by atoms with Gasteiger partial charge in [-0.05, 0) is 46.9 Å². The van der Waals surface area contributed by atoms with Gasteiger partial charge in [0.25, 0.3) is 0 Å². The second-order valence-corrected chi connectivity index (χ2v) is 9.37. The molecule has 0 radical (unpaired) electrons. The van der Waals surface area contributed by atoms with Crippen LogP contribution in [0.25, 0.3) is 0 Å². The van der Waals surface area contributed by atoms with Crippen LogP contribution in [0.3, 0.4) is 0 Å². The highest BCUT2D eigenvalue weighted by molar-refractivity contribution is 5.91. The first-order valence-corrected chi connectivity index (χ1v) is 10.9. The topological polar surface area (TPSA) is 57.5 Å². The van der Waals surface area contributed by atoms with E-state index in [-0.39, 0.29) is 22.6 Å². The second-order valence-electron chi connectivity index (χ2n) is 9.37. The van der Waals surface area contributed by atoms with Gasteiger partial charge in [0.2, 0.25) is 0 Å². The summed E-state index contributed by atoms with van der Waals surface area (Å²) in [6.07, 6.45) is 1.85. The lowest BCUT2D eigenvalue weighted by Crippen LogP contribution is -2.15. The van der Waals surface area contributed by atoms with E-state index in [2.05, 4.69) is 43.3 Å². The molecule has 0 saturated carbocycles. The summed E-state index contributed by atoms with van der Waals surface area (Å²) in [5, 5.41) is 20.4. The first kappa shape index (κ1) is 22.6. The van der Waals surface area contributed by atoms with Crippen LogP contribution in [0.5, 0.6) is 5.75 Å². The Morgan fingerprint density at radius 3 is 1.90 bits per heavy atom. The smallest absolute Gasteiger partial charge is 0.339 e. The molecular weight excluding hydrogens is 384 g/mol. The van der Waals surface area contributed by atoms with E-state index in [0.717, 1.165) is 24.0 Å². The molecule has 2 atom stereocenters. The average Bonchev–Trinajstić information content (AvgIpc) is 2.75. The lowest BCUT2D eigenvalue weighted by Gasteiger charge is -2.26. The Balaban J connectivity index is 2.04. The molecule has 0 fully saturated rings. The Morgan fingerprint density at radius 2 is 1.39 bits per heavy atom. The monoisotopic (exact) mass is 416 g/mol. The molecule has 0 aliphatic heterocycles. The van der Waals surface area contributed by atoms with Crippen LogP contribution in [0.1, 0.15) is 85.0 Å². The van der Waals surface area contributed by atoms with Crippen LogP contribution in [-0.4, -0.2) is 16.2 Å². The van der Waals surface area contributed by atoms with E-state index in [1.807, 2.05) is 51.1 Å². The van der Waals surface area contributed by atoms with Crippen LogP contribution in [0.15, 0.2) is 72.8 Å². The molecule has 31 heavy (non-hydrogen) atoms. The summed E-state index contributed by atoms with van der Waals surface area (Å²) < 4.78 is 0. The number of carboxylic acids is 1. The maximum atomic E-state index is 11.9. The van der Waals surface area contributed by atoms with Crippen molar-refractivity contribution in [3.63, 3.8) is 0 Å². The third kappa shape index (κ3) is 5.35. The minimum atomic E-state index is -1.10. The van der Waals surface area contributed by atoms with Gasteiger partial charge in [0.05, 0.1) is 0 Å². The molecule has 0 aliphatic rings. The molecule has 3 heteroatoms. The van der Waals surface area contributed by atoms with Gasteiger partial charge in [-0.25, -0.2) is 4.79 Å². The van der Waals surface area contributed by atoms with Gasteiger partial charge >= 0.3 is 5.97 Å². The van der Waals surface area contributed by atoms with Crippen molar-refractivity contribution < 1.29 is 15.0 Å². The van der Waals surface area contributed by atoms with E-state index >= 15 is 0 Å². The van der Waals surface area contributed by atoms with Gasteiger partial charge in [0.1, 0.15) is 11.3 Å². The van der Waals surface area contributed by atoms with Crippen molar-refractivity contribution >= 4 is 5.97 Å². The molecule has 0 heterocycles. The molecule has 162 valence electrons. The van der Waals surface area contributed by atoms with E-state index in [9.17, 15) is 15.0 Å². The van der Waals surface area contributed by atoms with Crippen molar-refractivity contribution in [3.8, 4) is 5.75 Å². The van der Waals surface area contributed by atoms with E-state index in [1.165, 1.54) is 5.56 Å². The first-order valence-electron chi connectivity index (χ1n) is 10.9. The number of carbonyl (C=O) groups is 1. The van der Waals surface area contributed by atoms with Crippen molar-refractivity contribution in [2.45, 2.75) is 57.8 Å². The van der Waals surface area contributed by atoms with Gasteiger partial charge in [0, 0.05) is 11.5 Å². The molecule has 2 unspecified atom stereocenters. The Hall–Kier alpha value is -3.07. The van der Waals surface area contributed by atoms with Crippen LogP contribution >= 0.6 is 0 Å². The first-order chi connectivity index (χ1) is 14.7. The zero-order valence-electron chi connectivity index (χ0n) is 18.8. The standard InChI is InChI=1S/C28H32O3/c1-19(20-11-7-5-8-12-20)15-16-23(21-13-9-6-10-14-21)22-17-24(27(30)31)26(29)25(18-22)28(2,3)4/h5-14,17-19,23,29H,15-16H2,1-4H3,(H,30,31). The lowest BCUT2D eigenvalue weighted by atomic mass is 9.79. The molecule has 3 rings (SSSR count). The maximum Gasteiger partial charge on any atom is 0.339 e. The van der Waals surface area contributed by atoms with Crippen molar-refractivity contribution in [2.24, 2.45) is 0 Å². The number of phenols is 1. The van der Waals surface area contributed by atoms with Crippen LogP contribution in [-0.2, 0) is 5.41 Å². The summed E-state index contributed by atoms with van der Waals surface area (Å²) >= 11 is 0. The third-order valence-electron chi connectivity index (χ3n) is 6.03. The maximum absolute atomic E-state index is 11.9. The molecule has 0 amide bonds. The minimum absolute atomic E-state index is 0.0283. The largest absolute Gasteiger partial charge is 0.507 e. The molecule has 2 N–H and O–H groups in total. The van der Waals surface area contributed by atoms with Crippen molar-refractivity contribution in [1.82, 2.24) is 0 Å². The molecular formula is C28H32O3. The number of aromatic hydroxyl groups is 1. The van der Waals surface area contributed by atoms with E-state index in [4.69, 9.17) is 0 Å². The summed E-state index contributed by atoms with van der Waals surface area (Å²) in [5.74, 6) is -0.791. The highest BCUT2D eigenvalue weighted by Crippen LogP contribution is 2.40. The Bertz CT molecular complexity index is 1020. The zero-order chi connectivity index (χ0) is 22.6. The van der Waals surface area contributed by atoms with Crippen LogP contribution < -0.4 is 0 Å². The molecule has 0 aliphatic carbocycles. The molecule has 0 bridgehead atoms. The van der Waals surface area contributed by atoms with Crippen LogP contribution in [0.4, 0.5) is 0 Å². The van der Waals surface area contributed by atoms with Gasteiger partial charge in [-0.2, -0.15) is 0 Å². The lowest BCUT2D eigenvalue weighted by molar-refractivity contribution is 0.0693. The second kappa shape index (κ2) is 9.38. The number of hydrogen-bond donors (Lipinski definition) is 2. The highest BCUT2D eigenvalue weighted by Gasteiger charge is 2.27. The highest BCUT2D eigenvalue weighted by atomic mass is 16.4. The fraction of sp³-hybridized carbons (Fsp3) is 0.321. The van der Waals surface area contributed by atoms with Crippen molar-refractivity contribution in [3.05, 3.63) is 101 Å². The van der Waals surface area contributed by atoms with Crippen molar-refractivity contribution in [1.29, 1.82) is 0 Å². The van der Waals surface area contributed by atoms with Gasteiger partial charge in [0.15, 0.2) is 0 Å². The summed E-state index contributed by atoms with van der Waals surface area (Å²) in [6.45, 7) is 8.21. The minimum Gasteiger partial charge on any atom is -0.507 e. The number of hydrogen-bond acceptors (Lipinski definition) is 2. The van der Waals surface area contributed by atoms with E-state index < -0.39 is 5.97 Å². The van der Waals surface area contributed by atoms with Gasteiger partial charge < -0.3 is 10.2 Å². The van der Waals surface area contributed by atoms with Gasteiger partial charge in [-0.1, -0.05) is 94.4 Å². The fourth-order valence-electron chi connectivity index (χ4n) is 4.17. The molecule has 0 saturated heterocycles. The number of aromatic carboxylic acids is 1. The zero-order valence-corrected chi connectivity index (χ0v) is 18.8. The normalized spacial score (nSPS) is 13.5. The summed E-state index contributed by atoms with van der Waals surface area (Å²) in [4.78, 5) is 11.9. The predicted molar refractivity (Wildman–Crippen MR) is 126 cm³/mol. The fourth-order valence-corrected chi connectivity index (χ4v) is 4.17. The van der Waals surface area contributed by atoms with E-state index in [1.54, 1.807) is 6.07 Å². The quantitative estimate of drug-likeness (QED) is 0.432. The molecule has 3 nitrogen and oxygen atoms in total. The van der Waals surface area contributed by atoms with Crippen molar-refractivity contribution in [2.75, 3.05) is 0 Å². The van der Waals surface area contributed by atoms with Gasteiger partial charge in [-0.3, -0.25) is 0 Å². The predicted octanol–water partition coefficient (Wildman–Crippen LogP) is 7.10. The Labute approximate surface area is 185 Å². The number of benzene rings is 3. The SMILES string of the molecule is CC(CCC(c1ccccc1)c1cc(C(=O)O)c(O)c(C(C)(C)C)c1)c1ccccc1. The van der Waals surface area contributed by atoms with E-state index in [0.29, 0.717) is 11.5 Å². The Kier molecular flexibility index (Phi) is 6.84. The average molecular weight is 417 g/mol.